The van der Waals surface area contributed by atoms with Crippen molar-refractivity contribution >= 4 is 23.6 Å². The lowest BCUT2D eigenvalue weighted by Gasteiger charge is -2.17. The minimum atomic E-state index is -0.598. The van der Waals surface area contributed by atoms with Crippen molar-refractivity contribution in [1.82, 2.24) is 15.5 Å². The van der Waals surface area contributed by atoms with Crippen molar-refractivity contribution in [1.29, 1.82) is 0 Å². The normalized spacial score (nSPS) is 14.5. The van der Waals surface area contributed by atoms with Crippen LogP contribution in [0.25, 0.3) is 0 Å². The van der Waals surface area contributed by atoms with Crippen molar-refractivity contribution in [3.63, 3.8) is 0 Å². The number of nitrogens with one attached hydrogen (secondary N) is 2. The monoisotopic (exact) mass is 396 g/mol. The summed E-state index contributed by atoms with van der Waals surface area (Å²) in [5, 5.41) is 5.08. The highest BCUT2D eigenvalue weighted by molar-refractivity contribution is 5.93. The predicted octanol–water partition coefficient (Wildman–Crippen LogP) is -1.18. The largest absolute Gasteiger partial charge is 0.379 e. The zero-order chi connectivity index (χ0) is 20.8. The lowest BCUT2D eigenvalue weighted by atomic mass is 10.3. The van der Waals surface area contributed by atoms with E-state index >= 15 is 0 Å². The number of amides is 4. The van der Waals surface area contributed by atoms with Crippen LogP contribution in [0.15, 0.2) is 23.9 Å². The van der Waals surface area contributed by atoms with Crippen molar-refractivity contribution < 1.29 is 28.7 Å². The minimum absolute atomic E-state index is 0.116. The molecule has 1 aliphatic heterocycles. The van der Waals surface area contributed by atoms with Gasteiger partial charge in [-0.05, 0) is 13.0 Å². The second-order valence-electron chi connectivity index (χ2n) is 5.85. The van der Waals surface area contributed by atoms with Gasteiger partial charge in [0, 0.05) is 37.7 Å². The van der Waals surface area contributed by atoms with E-state index in [-0.39, 0.29) is 43.7 Å². The van der Waals surface area contributed by atoms with Gasteiger partial charge in [-0.15, -0.1) is 0 Å². The number of nitrogens with two attached hydrogens (primary N) is 1. The first-order valence-corrected chi connectivity index (χ1v) is 9.07. The van der Waals surface area contributed by atoms with E-state index < -0.39 is 5.91 Å². The van der Waals surface area contributed by atoms with E-state index in [1.165, 1.54) is 6.08 Å². The molecule has 0 spiro atoms. The average Bonchev–Trinajstić information content (AvgIpc) is 3.02. The van der Waals surface area contributed by atoms with Crippen LogP contribution in [0.4, 0.5) is 0 Å². The van der Waals surface area contributed by atoms with E-state index in [2.05, 4.69) is 10.6 Å². The number of nitrogens with zero attached hydrogens (tertiary/aromatic N) is 1. The van der Waals surface area contributed by atoms with Crippen LogP contribution in [0.3, 0.4) is 0 Å². The summed E-state index contributed by atoms with van der Waals surface area (Å²) < 4.78 is 10.5. The topological polar surface area (TPSA) is 140 Å². The minimum Gasteiger partial charge on any atom is -0.379 e. The Morgan fingerprint density at radius 2 is 1.71 bits per heavy atom. The molecule has 0 unspecified atom stereocenters. The Kier molecular flexibility index (Phi) is 11.2. The molecule has 10 heteroatoms. The van der Waals surface area contributed by atoms with E-state index in [1.807, 2.05) is 13.0 Å². The molecule has 28 heavy (non-hydrogen) atoms. The summed E-state index contributed by atoms with van der Waals surface area (Å²) in [4.78, 5) is 46.8. The summed E-state index contributed by atoms with van der Waals surface area (Å²) in [6.07, 6.45) is 5.38. The second-order valence-corrected chi connectivity index (χ2v) is 5.85. The fourth-order valence-electron chi connectivity index (χ4n) is 2.28. The van der Waals surface area contributed by atoms with E-state index in [0.29, 0.717) is 32.9 Å². The Bertz CT molecular complexity index is 617. The molecule has 0 aromatic rings. The van der Waals surface area contributed by atoms with Gasteiger partial charge in [-0.1, -0.05) is 6.08 Å². The van der Waals surface area contributed by atoms with E-state index in [0.717, 1.165) is 5.70 Å². The van der Waals surface area contributed by atoms with Gasteiger partial charge in [-0.2, -0.15) is 0 Å². The first-order valence-electron chi connectivity index (χ1n) is 9.07. The molecule has 0 aliphatic carbocycles. The molecule has 0 aromatic heterocycles. The highest BCUT2D eigenvalue weighted by Crippen LogP contribution is 2.14. The second kappa shape index (κ2) is 13.4. The molecule has 1 aliphatic rings. The zero-order valence-corrected chi connectivity index (χ0v) is 16.1. The van der Waals surface area contributed by atoms with Gasteiger partial charge < -0.3 is 30.7 Å². The number of primary amides is 1. The van der Waals surface area contributed by atoms with Gasteiger partial charge in [0.15, 0.2) is 0 Å². The van der Waals surface area contributed by atoms with Crippen LogP contribution < -0.4 is 16.4 Å². The zero-order valence-electron chi connectivity index (χ0n) is 16.1. The molecule has 0 bridgehead atoms. The molecular weight excluding hydrogens is 368 g/mol. The average molecular weight is 396 g/mol. The van der Waals surface area contributed by atoms with Crippen molar-refractivity contribution in [3.8, 4) is 0 Å². The van der Waals surface area contributed by atoms with Crippen molar-refractivity contribution in [2.45, 2.75) is 19.8 Å². The van der Waals surface area contributed by atoms with Crippen LogP contribution in [0.2, 0.25) is 0 Å². The molecule has 0 radical (unpaired) electrons. The summed E-state index contributed by atoms with van der Waals surface area (Å²) in [7, 11) is 0. The highest BCUT2D eigenvalue weighted by Gasteiger charge is 2.19. The summed E-state index contributed by atoms with van der Waals surface area (Å²) in [6.45, 7) is 3.53. The van der Waals surface area contributed by atoms with E-state index in [1.54, 1.807) is 11.0 Å². The molecule has 156 valence electrons. The fourth-order valence-corrected chi connectivity index (χ4v) is 2.28. The number of hydrogen-bond acceptors (Lipinski definition) is 6. The van der Waals surface area contributed by atoms with Crippen LogP contribution in [0.5, 0.6) is 0 Å². The molecular formula is C18H28N4O6. The SMILES string of the molecule is C/C=C1\C=CC(=O)N1CCC(=O)NCCOCCOCCC(=O)NCC(N)=O. The molecule has 0 atom stereocenters. The molecule has 10 nitrogen and oxygen atoms in total. The number of hydrogen-bond donors (Lipinski definition) is 3. The fraction of sp³-hybridized carbons (Fsp3) is 0.556. The van der Waals surface area contributed by atoms with Gasteiger partial charge in [0.2, 0.25) is 17.7 Å². The number of allylic oxidation sites excluding steroid dienone is 2. The molecule has 4 amide bonds. The summed E-state index contributed by atoms with van der Waals surface area (Å²) >= 11 is 0. The highest BCUT2D eigenvalue weighted by atomic mass is 16.5. The molecule has 4 N–H and O–H groups in total. The number of rotatable bonds is 14. The summed E-state index contributed by atoms with van der Waals surface area (Å²) in [5.41, 5.74) is 5.71. The molecule has 0 saturated carbocycles. The van der Waals surface area contributed by atoms with Crippen LogP contribution in [-0.2, 0) is 28.7 Å². The number of ether oxygens (including phenoxy) is 2. The lowest BCUT2D eigenvalue weighted by molar-refractivity contribution is -0.125. The predicted molar refractivity (Wildman–Crippen MR) is 101 cm³/mol. The quantitative estimate of drug-likeness (QED) is 0.316. The van der Waals surface area contributed by atoms with Crippen molar-refractivity contribution in [2.75, 3.05) is 46.1 Å². The van der Waals surface area contributed by atoms with Gasteiger partial charge in [0.05, 0.1) is 33.0 Å². The molecule has 1 heterocycles. The van der Waals surface area contributed by atoms with E-state index in [4.69, 9.17) is 15.2 Å². The molecule has 0 saturated heterocycles. The van der Waals surface area contributed by atoms with Crippen LogP contribution in [0, 0.1) is 0 Å². The summed E-state index contributed by atoms with van der Waals surface area (Å²) in [6, 6.07) is 0. The van der Waals surface area contributed by atoms with Crippen molar-refractivity contribution in [2.24, 2.45) is 5.73 Å². The first-order chi connectivity index (χ1) is 13.4. The third kappa shape index (κ3) is 9.83. The maximum Gasteiger partial charge on any atom is 0.251 e. The summed E-state index contributed by atoms with van der Waals surface area (Å²) in [5.74, 6) is -1.18. The molecule has 0 fully saturated rings. The lowest BCUT2D eigenvalue weighted by Crippen LogP contribution is -2.33. The van der Waals surface area contributed by atoms with Crippen LogP contribution in [0.1, 0.15) is 19.8 Å². The Morgan fingerprint density at radius 1 is 1.04 bits per heavy atom. The molecule has 1 rings (SSSR count). The smallest absolute Gasteiger partial charge is 0.251 e. The Balaban J connectivity index is 1.94. The third-order valence-electron chi connectivity index (χ3n) is 3.71. The van der Waals surface area contributed by atoms with Gasteiger partial charge in [0.1, 0.15) is 0 Å². The third-order valence-corrected chi connectivity index (χ3v) is 3.71. The Hall–Kier alpha value is -2.72. The first kappa shape index (κ1) is 23.3. The van der Waals surface area contributed by atoms with Crippen LogP contribution >= 0.6 is 0 Å². The standard InChI is InChI=1S/C18H28N4O6/c1-2-14-3-4-18(26)22(14)8-5-16(24)20-7-10-28-12-11-27-9-6-17(25)21-13-15(19)23/h2-4H,5-13H2,1H3,(H2,19,23)(H,20,24)(H,21,25)/b14-2+. The van der Waals surface area contributed by atoms with E-state index in [9.17, 15) is 19.2 Å². The van der Waals surface area contributed by atoms with Gasteiger partial charge in [0.25, 0.3) is 5.91 Å². The maximum atomic E-state index is 11.8. The van der Waals surface area contributed by atoms with Crippen LogP contribution in [-0.4, -0.2) is 74.6 Å². The number of carbonyl (C=O) groups excluding carboxylic acids is 4. The maximum absolute atomic E-state index is 11.8. The van der Waals surface area contributed by atoms with Crippen molar-refractivity contribution in [3.05, 3.63) is 23.9 Å². The Morgan fingerprint density at radius 3 is 2.39 bits per heavy atom. The van der Waals surface area contributed by atoms with Gasteiger partial charge >= 0.3 is 0 Å². The van der Waals surface area contributed by atoms with Gasteiger partial charge in [-0.3, -0.25) is 19.2 Å². The Labute approximate surface area is 164 Å². The molecule has 0 aromatic carbocycles. The van der Waals surface area contributed by atoms with Gasteiger partial charge in [-0.25, -0.2) is 0 Å². The number of carbonyl (C=O) groups is 4.